The Morgan fingerprint density at radius 2 is 2.12 bits per heavy atom. The van der Waals surface area contributed by atoms with Gasteiger partial charge in [0.25, 0.3) is 5.91 Å². The molecule has 0 unspecified atom stereocenters. The Morgan fingerprint density at radius 3 is 2.73 bits per heavy atom. The average molecular weight is 382 g/mol. The maximum absolute atomic E-state index is 13.4. The van der Waals surface area contributed by atoms with E-state index in [0.29, 0.717) is 5.06 Å². The van der Waals surface area contributed by atoms with E-state index in [1.165, 1.54) is 24.5 Å². The molecule has 3 rings (SSSR count). The van der Waals surface area contributed by atoms with Gasteiger partial charge in [0.15, 0.2) is 11.0 Å². The monoisotopic (exact) mass is 382 g/mol. The van der Waals surface area contributed by atoms with Crippen LogP contribution in [0.3, 0.4) is 0 Å². The van der Waals surface area contributed by atoms with Crippen LogP contribution in [-0.2, 0) is 6.18 Å². The number of carbonyl (C=O) groups is 1. The Hall–Kier alpha value is -3.01. The normalized spacial score (nSPS) is 12.4. The fourth-order valence-corrected chi connectivity index (χ4v) is 2.90. The van der Waals surface area contributed by atoms with Gasteiger partial charge in [0.1, 0.15) is 11.4 Å². The van der Waals surface area contributed by atoms with Gasteiger partial charge in [-0.3, -0.25) is 15.1 Å². The van der Waals surface area contributed by atoms with E-state index in [0.717, 1.165) is 12.1 Å². The van der Waals surface area contributed by atoms with Gasteiger partial charge in [0.05, 0.1) is 11.1 Å². The van der Waals surface area contributed by atoms with Gasteiger partial charge in [-0.15, -0.1) is 11.3 Å². The Bertz CT molecular complexity index is 977. The molecule has 0 atom stereocenters. The number of rotatable bonds is 3. The molecule has 136 valence electrons. The predicted molar refractivity (Wildman–Crippen MR) is 92.7 cm³/mol. The summed E-state index contributed by atoms with van der Waals surface area (Å²) in [5, 5.41) is 4.32. The summed E-state index contributed by atoms with van der Waals surface area (Å²) < 4.78 is 45.8. The van der Waals surface area contributed by atoms with E-state index in [2.05, 4.69) is 15.3 Å². The molecule has 0 saturated carbocycles. The number of halogens is 3. The van der Waals surface area contributed by atoms with Crippen LogP contribution in [0, 0.1) is 0 Å². The van der Waals surface area contributed by atoms with Gasteiger partial charge in [0.2, 0.25) is 0 Å². The number of H-pyrrole nitrogens is 1. The lowest BCUT2D eigenvalue weighted by Crippen LogP contribution is -2.36. The van der Waals surface area contributed by atoms with Crippen molar-refractivity contribution in [2.45, 2.75) is 6.18 Å². The van der Waals surface area contributed by atoms with Gasteiger partial charge < -0.3 is 15.5 Å². The first-order valence-corrected chi connectivity index (χ1v) is 8.15. The number of carbonyl (C=O) groups excluding carboxylic acids is 1. The Morgan fingerprint density at radius 1 is 1.35 bits per heavy atom. The third-order valence-electron chi connectivity index (χ3n) is 3.46. The van der Waals surface area contributed by atoms with Crippen molar-refractivity contribution >= 4 is 34.1 Å². The SMILES string of the molecule is CN=C(N)NC(=O)c1cc2c(C(F)(F)F)cc(Oc3cccs3)cc2[nH]1. The predicted octanol–water partition coefficient (Wildman–Crippen LogP) is 3.71. The molecular weight excluding hydrogens is 369 g/mol. The summed E-state index contributed by atoms with van der Waals surface area (Å²) >= 11 is 1.25. The van der Waals surface area contributed by atoms with Crippen molar-refractivity contribution in [3.63, 3.8) is 0 Å². The Labute approximate surface area is 149 Å². The molecule has 0 aliphatic carbocycles. The molecule has 6 nitrogen and oxygen atoms in total. The lowest BCUT2D eigenvalue weighted by Gasteiger charge is -2.11. The number of nitrogens with one attached hydrogen (secondary N) is 2. The van der Waals surface area contributed by atoms with Gasteiger partial charge in [-0.2, -0.15) is 13.2 Å². The second kappa shape index (κ2) is 6.71. The summed E-state index contributed by atoms with van der Waals surface area (Å²) in [6, 6.07) is 6.78. The van der Waals surface area contributed by atoms with Crippen molar-refractivity contribution in [2.75, 3.05) is 7.05 Å². The fraction of sp³-hybridized carbons (Fsp3) is 0.125. The number of fused-ring (bicyclic) bond motifs is 1. The number of hydrogen-bond acceptors (Lipinski definition) is 4. The molecule has 4 N–H and O–H groups in total. The molecule has 1 amide bonds. The quantitative estimate of drug-likeness (QED) is 0.476. The number of hydrogen-bond donors (Lipinski definition) is 3. The number of thiophene rings is 1. The number of benzene rings is 1. The number of guanidine groups is 1. The number of alkyl halides is 3. The van der Waals surface area contributed by atoms with E-state index in [1.54, 1.807) is 17.5 Å². The van der Waals surface area contributed by atoms with E-state index in [9.17, 15) is 18.0 Å². The van der Waals surface area contributed by atoms with E-state index >= 15 is 0 Å². The number of aromatic amines is 1. The van der Waals surface area contributed by atoms with Gasteiger partial charge >= 0.3 is 6.18 Å². The Kier molecular flexibility index (Phi) is 4.60. The van der Waals surface area contributed by atoms with Gasteiger partial charge in [0, 0.05) is 18.5 Å². The maximum atomic E-state index is 13.4. The summed E-state index contributed by atoms with van der Waals surface area (Å²) in [7, 11) is 1.37. The van der Waals surface area contributed by atoms with Crippen molar-refractivity contribution in [3.8, 4) is 10.8 Å². The summed E-state index contributed by atoms with van der Waals surface area (Å²) in [6.45, 7) is 0. The lowest BCUT2D eigenvalue weighted by atomic mass is 10.1. The van der Waals surface area contributed by atoms with Gasteiger partial charge in [-0.1, -0.05) is 0 Å². The molecule has 2 aromatic heterocycles. The highest BCUT2D eigenvalue weighted by Crippen LogP contribution is 2.39. The number of aromatic nitrogens is 1. The third kappa shape index (κ3) is 3.64. The van der Waals surface area contributed by atoms with E-state index in [1.807, 2.05) is 0 Å². The molecule has 0 spiro atoms. The van der Waals surface area contributed by atoms with Crippen LogP contribution in [0.2, 0.25) is 0 Å². The first kappa shape index (κ1) is 17.8. The van der Waals surface area contributed by atoms with Crippen LogP contribution < -0.4 is 15.8 Å². The van der Waals surface area contributed by atoms with Crippen LogP contribution in [0.5, 0.6) is 10.8 Å². The second-order valence-corrected chi connectivity index (χ2v) is 6.12. The zero-order chi connectivity index (χ0) is 18.9. The van der Waals surface area contributed by atoms with Crippen molar-refractivity contribution in [3.05, 3.63) is 47.0 Å². The molecule has 0 radical (unpaired) electrons. The molecule has 26 heavy (non-hydrogen) atoms. The van der Waals surface area contributed by atoms with Gasteiger partial charge in [-0.05, 0) is 29.6 Å². The van der Waals surface area contributed by atoms with E-state index < -0.39 is 17.6 Å². The number of aliphatic imine (C=N–C) groups is 1. The Balaban J connectivity index is 2.06. The van der Waals surface area contributed by atoms with Gasteiger partial charge in [-0.25, -0.2) is 0 Å². The number of amides is 1. The third-order valence-corrected chi connectivity index (χ3v) is 4.20. The molecule has 0 bridgehead atoms. The molecular formula is C16H13F3N4O2S. The molecule has 0 fully saturated rings. The molecule has 1 aromatic carbocycles. The van der Waals surface area contributed by atoms with Crippen LogP contribution in [0.15, 0.2) is 40.7 Å². The molecule has 2 heterocycles. The summed E-state index contributed by atoms with van der Waals surface area (Å²) in [5.74, 6) is -0.833. The van der Waals surface area contributed by atoms with Crippen molar-refractivity contribution < 1.29 is 22.7 Å². The molecule has 3 aromatic rings. The van der Waals surface area contributed by atoms with E-state index in [-0.39, 0.29) is 28.3 Å². The highest BCUT2D eigenvalue weighted by Gasteiger charge is 2.34. The first-order valence-electron chi connectivity index (χ1n) is 7.27. The standard InChI is InChI=1S/C16H13F3N4O2S/c1-21-15(20)23-14(24)12-7-9-10(16(17,18)19)5-8(6-11(9)22-12)25-13-3-2-4-26-13/h2-7,22H,1H3,(H3,20,21,23,24). The summed E-state index contributed by atoms with van der Waals surface area (Å²) in [5.41, 5.74) is 4.54. The van der Waals surface area contributed by atoms with Crippen LogP contribution in [0.1, 0.15) is 16.1 Å². The number of nitrogens with zero attached hydrogens (tertiary/aromatic N) is 1. The minimum absolute atomic E-state index is 0.00992. The topological polar surface area (TPSA) is 92.5 Å². The van der Waals surface area contributed by atoms with Crippen LogP contribution in [-0.4, -0.2) is 23.9 Å². The van der Waals surface area contributed by atoms with E-state index in [4.69, 9.17) is 10.5 Å². The zero-order valence-electron chi connectivity index (χ0n) is 13.3. The van der Waals surface area contributed by atoms with Crippen molar-refractivity contribution in [1.82, 2.24) is 10.3 Å². The highest BCUT2D eigenvalue weighted by atomic mass is 32.1. The largest absolute Gasteiger partial charge is 0.447 e. The first-order chi connectivity index (χ1) is 12.3. The number of nitrogens with two attached hydrogens (primary N) is 1. The highest BCUT2D eigenvalue weighted by molar-refractivity contribution is 7.11. The lowest BCUT2D eigenvalue weighted by molar-refractivity contribution is -0.136. The zero-order valence-corrected chi connectivity index (χ0v) is 14.2. The molecule has 10 heteroatoms. The van der Waals surface area contributed by atoms with Crippen molar-refractivity contribution in [2.24, 2.45) is 10.7 Å². The molecule has 0 aliphatic heterocycles. The maximum Gasteiger partial charge on any atom is 0.417 e. The average Bonchev–Trinajstić information content (AvgIpc) is 3.22. The smallest absolute Gasteiger partial charge is 0.417 e. The molecule has 0 saturated heterocycles. The van der Waals surface area contributed by atoms with Crippen LogP contribution in [0.4, 0.5) is 13.2 Å². The van der Waals surface area contributed by atoms with Crippen LogP contribution in [0.25, 0.3) is 10.9 Å². The minimum Gasteiger partial charge on any atom is -0.447 e. The summed E-state index contributed by atoms with van der Waals surface area (Å²) in [6.07, 6.45) is -4.62. The minimum atomic E-state index is -4.62. The fourth-order valence-electron chi connectivity index (χ4n) is 2.30. The van der Waals surface area contributed by atoms with Crippen molar-refractivity contribution in [1.29, 1.82) is 0 Å². The second-order valence-electron chi connectivity index (χ2n) is 5.21. The van der Waals surface area contributed by atoms with Crippen LogP contribution >= 0.6 is 11.3 Å². The summed E-state index contributed by atoms with van der Waals surface area (Å²) in [4.78, 5) is 18.3. The molecule has 0 aliphatic rings. The number of ether oxygens (including phenoxy) is 1.